The van der Waals surface area contributed by atoms with Crippen LogP contribution in [0.15, 0.2) is 5.11 Å². The number of aliphatic hydroxyl groups is 2. The molecule has 11 heavy (non-hydrogen) atoms. The van der Waals surface area contributed by atoms with E-state index in [1.54, 1.807) is 0 Å². The predicted molar refractivity (Wildman–Crippen MR) is 40.4 cm³/mol. The van der Waals surface area contributed by atoms with Gasteiger partial charge < -0.3 is 10.2 Å². The third-order valence-corrected chi connectivity index (χ3v) is 1.13. The predicted octanol–water partition coefficient (Wildman–Crippen LogP) is 0.980. The highest BCUT2D eigenvalue weighted by molar-refractivity contribution is 4.75. The molecule has 0 aliphatic heterocycles. The number of azide groups is 1. The van der Waals surface area contributed by atoms with E-state index in [4.69, 9.17) is 15.7 Å². The summed E-state index contributed by atoms with van der Waals surface area (Å²) in [5, 5.41) is 21.0. The standard InChI is InChI=1S/C6H12N3O2/c1-6(2,11)4-3-5(10)8-9-7/h5,10-11H,1,3-4H2,2H3. The Morgan fingerprint density at radius 1 is 1.82 bits per heavy atom. The molecule has 2 atom stereocenters. The quantitative estimate of drug-likeness (QED) is 0.363. The fraction of sp³-hybridized carbons (Fsp3) is 0.833. The van der Waals surface area contributed by atoms with Gasteiger partial charge in [-0.2, -0.15) is 0 Å². The van der Waals surface area contributed by atoms with Gasteiger partial charge in [-0.1, -0.05) is 5.11 Å². The van der Waals surface area contributed by atoms with Gasteiger partial charge in [0.2, 0.25) is 0 Å². The van der Waals surface area contributed by atoms with Crippen LogP contribution in [0.25, 0.3) is 10.4 Å². The van der Waals surface area contributed by atoms with Crippen LogP contribution in [0.4, 0.5) is 0 Å². The number of nitrogens with zero attached hydrogens (tertiary/aromatic N) is 3. The van der Waals surface area contributed by atoms with E-state index in [1.165, 1.54) is 6.92 Å². The minimum atomic E-state index is -1.06. The van der Waals surface area contributed by atoms with Crippen molar-refractivity contribution in [2.24, 2.45) is 5.11 Å². The van der Waals surface area contributed by atoms with Crippen molar-refractivity contribution in [1.82, 2.24) is 0 Å². The topological polar surface area (TPSA) is 89.2 Å². The highest BCUT2D eigenvalue weighted by Gasteiger charge is 2.14. The summed E-state index contributed by atoms with van der Waals surface area (Å²) in [7, 11) is 0. The summed E-state index contributed by atoms with van der Waals surface area (Å²) >= 11 is 0. The lowest BCUT2D eigenvalue weighted by atomic mass is 10.0. The molecule has 0 bridgehead atoms. The summed E-state index contributed by atoms with van der Waals surface area (Å²) in [5.41, 5.74) is 6.82. The minimum absolute atomic E-state index is 0.223. The molecule has 2 unspecified atom stereocenters. The Bertz CT molecular complexity index is 158. The zero-order valence-corrected chi connectivity index (χ0v) is 6.43. The van der Waals surface area contributed by atoms with Gasteiger partial charge in [0.25, 0.3) is 0 Å². The second-order valence-electron chi connectivity index (χ2n) is 2.72. The lowest BCUT2D eigenvalue weighted by Gasteiger charge is -2.16. The van der Waals surface area contributed by atoms with Gasteiger partial charge in [-0.25, -0.2) is 0 Å². The van der Waals surface area contributed by atoms with Gasteiger partial charge in [0, 0.05) is 4.91 Å². The van der Waals surface area contributed by atoms with E-state index in [0.29, 0.717) is 6.42 Å². The monoisotopic (exact) mass is 158 g/mol. The molecule has 5 nitrogen and oxygen atoms in total. The molecular weight excluding hydrogens is 146 g/mol. The van der Waals surface area contributed by atoms with Crippen molar-refractivity contribution in [3.05, 3.63) is 17.4 Å². The fourth-order valence-corrected chi connectivity index (χ4v) is 0.557. The maximum Gasteiger partial charge on any atom is 0.133 e. The van der Waals surface area contributed by atoms with Crippen molar-refractivity contribution in [3.63, 3.8) is 0 Å². The van der Waals surface area contributed by atoms with Gasteiger partial charge in [-0.05, 0) is 32.2 Å². The van der Waals surface area contributed by atoms with Crippen molar-refractivity contribution in [2.45, 2.75) is 31.6 Å². The largest absolute Gasteiger partial charge is 0.390 e. The number of hydrogen-bond donors (Lipinski definition) is 2. The highest BCUT2D eigenvalue weighted by atomic mass is 16.3. The Labute approximate surface area is 65.3 Å². The van der Waals surface area contributed by atoms with Gasteiger partial charge in [-0.15, -0.1) is 0 Å². The third-order valence-electron chi connectivity index (χ3n) is 1.13. The van der Waals surface area contributed by atoms with E-state index in [2.05, 4.69) is 16.9 Å². The van der Waals surface area contributed by atoms with Crippen molar-refractivity contribution < 1.29 is 10.2 Å². The average Bonchev–Trinajstić information content (AvgIpc) is 1.83. The van der Waals surface area contributed by atoms with Crippen molar-refractivity contribution in [3.8, 4) is 0 Å². The van der Waals surface area contributed by atoms with Crippen LogP contribution < -0.4 is 0 Å². The summed E-state index contributed by atoms with van der Waals surface area (Å²) in [5.74, 6) is 0. The molecule has 0 fully saturated rings. The second-order valence-corrected chi connectivity index (χ2v) is 2.72. The molecule has 0 heterocycles. The molecule has 0 aromatic carbocycles. The van der Waals surface area contributed by atoms with Gasteiger partial charge in [-0.3, -0.25) is 0 Å². The van der Waals surface area contributed by atoms with Crippen LogP contribution in [-0.4, -0.2) is 22.0 Å². The first-order valence-electron chi connectivity index (χ1n) is 3.26. The summed E-state index contributed by atoms with van der Waals surface area (Å²) in [6.45, 7) is 4.94. The van der Waals surface area contributed by atoms with Gasteiger partial charge in [0.1, 0.15) is 6.23 Å². The molecule has 0 amide bonds. The van der Waals surface area contributed by atoms with E-state index >= 15 is 0 Å². The molecule has 0 aromatic heterocycles. The zero-order valence-electron chi connectivity index (χ0n) is 6.43. The molecule has 2 N–H and O–H groups in total. The van der Waals surface area contributed by atoms with E-state index in [1.807, 2.05) is 0 Å². The average molecular weight is 158 g/mol. The van der Waals surface area contributed by atoms with Crippen LogP contribution in [0, 0.1) is 6.92 Å². The van der Waals surface area contributed by atoms with Gasteiger partial charge in [0.15, 0.2) is 0 Å². The Kier molecular flexibility index (Phi) is 3.89. The first kappa shape index (κ1) is 10.2. The first-order chi connectivity index (χ1) is 4.95. The number of hydrogen-bond acceptors (Lipinski definition) is 3. The van der Waals surface area contributed by atoms with Crippen LogP contribution in [0.2, 0.25) is 0 Å². The van der Waals surface area contributed by atoms with E-state index in [-0.39, 0.29) is 6.42 Å². The molecule has 0 aliphatic rings. The molecule has 0 spiro atoms. The lowest BCUT2D eigenvalue weighted by Crippen LogP contribution is -2.21. The van der Waals surface area contributed by atoms with Crippen LogP contribution >= 0.6 is 0 Å². The Balaban J connectivity index is 3.62. The maximum absolute atomic E-state index is 9.08. The van der Waals surface area contributed by atoms with Gasteiger partial charge in [0.05, 0.1) is 5.60 Å². The van der Waals surface area contributed by atoms with E-state index < -0.39 is 11.8 Å². The molecule has 63 valence electrons. The van der Waals surface area contributed by atoms with Crippen molar-refractivity contribution in [2.75, 3.05) is 0 Å². The Morgan fingerprint density at radius 2 is 2.36 bits per heavy atom. The summed E-state index contributed by atoms with van der Waals surface area (Å²) < 4.78 is 0. The molecule has 0 aliphatic carbocycles. The van der Waals surface area contributed by atoms with Gasteiger partial charge >= 0.3 is 0 Å². The molecule has 0 saturated heterocycles. The lowest BCUT2D eigenvalue weighted by molar-refractivity contribution is 0.0722. The van der Waals surface area contributed by atoms with Crippen LogP contribution in [0.1, 0.15) is 19.8 Å². The number of aliphatic hydroxyl groups excluding tert-OH is 1. The molecule has 0 rings (SSSR count). The molecular formula is C6H12N3O2. The second kappa shape index (κ2) is 4.18. The first-order valence-corrected chi connectivity index (χ1v) is 3.26. The third kappa shape index (κ3) is 7.12. The molecule has 0 saturated carbocycles. The molecule has 1 radical (unpaired) electrons. The smallest absolute Gasteiger partial charge is 0.133 e. The van der Waals surface area contributed by atoms with Crippen LogP contribution in [-0.2, 0) is 0 Å². The molecule has 5 heteroatoms. The van der Waals surface area contributed by atoms with Crippen LogP contribution in [0.5, 0.6) is 0 Å². The normalized spacial score (nSPS) is 13.8. The number of rotatable bonds is 4. The summed E-state index contributed by atoms with van der Waals surface area (Å²) in [6.07, 6.45) is -0.540. The van der Waals surface area contributed by atoms with E-state index in [9.17, 15) is 0 Å². The van der Waals surface area contributed by atoms with E-state index in [0.717, 1.165) is 0 Å². The molecule has 0 aromatic rings. The Morgan fingerprint density at radius 3 is 2.73 bits per heavy atom. The fourth-order valence-electron chi connectivity index (χ4n) is 0.557. The highest BCUT2D eigenvalue weighted by Crippen LogP contribution is 2.11. The SMILES string of the molecule is [CH2]C(C)(O)CCC(O)N=[N+]=[N-]. The summed E-state index contributed by atoms with van der Waals surface area (Å²) in [6, 6.07) is 0. The Hall–Kier alpha value is -0.770. The summed E-state index contributed by atoms with van der Waals surface area (Å²) in [4.78, 5) is 2.41. The maximum atomic E-state index is 9.08. The van der Waals surface area contributed by atoms with Crippen LogP contribution in [0.3, 0.4) is 0 Å². The zero-order chi connectivity index (χ0) is 8.91. The van der Waals surface area contributed by atoms with Crippen molar-refractivity contribution >= 4 is 0 Å². The van der Waals surface area contributed by atoms with Crippen molar-refractivity contribution in [1.29, 1.82) is 0 Å². The minimum Gasteiger partial charge on any atom is -0.390 e.